The molecule has 0 spiro atoms. The first-order chi connectivity index (χ1) is 10.2. The smallest absolute Gasteiger partial charge is 0.211 e. The van der Waals surface area contributed by atoms with Gasteiger partial charge in [-0.25, -0.2) is 9.59 Å². The molecule has 0 aliphatic heterocycles. The molecule has 0 saturated heterocycles. The minimum atomic E-state index is -0.911. The van der Waals surface area contributed by atoms with E-state index in [1.54, 1.807) is 12.2 Å². The van der Waals surface area contributed by atoms with Crippen LogP contribution in [0.15, 0.2) is 9.98 Å². The van der Waals surface area contributed by atoms with Crippen LogP contribution in [0.3, 0.4) is 0 Å². The second-order valence-electron chi connectivity index (χ2n) is 6.71. The normalized spacial score (nSPS) is 25.2. The summed E-state index contributed by atoms with van der Waals surface area (Å²) in [6, 6.07) is 0. The molecule has 0 amide bonds. The lowest BCUT2D eigenvalue weighted by atomic mass is 9.67. The van der Waals surface area contributed by atoms with Gasteiger partial charge in [0.2, 0.25) is 12.2 Å². The molecule has 0 radical (unpaired) electrons. The molecule has 116 valence electrons. The predicted molar refractivity (Wildman–Crippen MR) is 81.3 cm³/mol. The van der Waals surface area contributed by atoms with Crippen molar-refractivity contribution in [2.45, 2.75) is 76.8 Å². The first-order valence-electron chi connectivity index (χ1n) is 8.42. The number of hydrogen-bond donors (Lipinski definition) is 0. The highest BCUT2D eigenvalue weighted by Gasteiger charge is 2.47. The minimum absolute atomic E-state index is 0.115. The van der Waals surface area contributed by atoms with Crippen LogP contribution in [0.25, 0.3) is 0 Å². The monoisotopic (exact) mass is 290 g/mol. The second kappa shape index (κ2) is 7.68. The Morgan fingerprint density at radius 1 is 0.857 bits per heavy atom. The van der Waals surface area contributed by atoms with Crippen molar-refractivity contribution in [3.63, 3.8) is 0 Å². The highest BCUT2D eigenvalue weighted by molar-refractivity contribution is 5.40. The molecule has 0 bridgehead atoms. The van der Waals surface area contributed by atoms with Gasteiger partial charge in [0.25, 0.3) is 0 Å². The van der Waals surface area contributed by atoms with E-state index in [-0.39, 0.29) is 11.8 Å². The Balaban J connectivity index is 2.31. The van der Waals surface area contributed by atoms with Crippen LogP contribution < -0.4 is 0 Å². The van der Waals surface area contributed by atoms with E-state index in [0.29, 0.717) is 5.92 Å². The van der Waals surface area contributed by atoms with Crippen LogP contribution in [0.5, 0.6) is 0 Å². The topological polar surface area (TPSA) is 58.9 Å². The Kier molecular flexibility index (Phi) is 5.90. The van der Waals surface area contributed by atoms with Gasteiger partial charge in [0.15, 0.2) is 5.66 Å². The average molecular weight is 290 g/mol. The summed E-state index contributed by atoms with van der Waals surface area (Å²) < 4.78 is 0. The van der Waals surface area contributed by atoms with Crippen molar-refractivity contribution in [1.82, 2.24) is 0 Å². The van der Waals surface area contributed by atoms with Gasteiger partial charge in [-0.3, -0.25) is 0 Å². The van der Waals surface area contributed by atoms with E-state index in [1.165, 1.54) is 25.7 Å². The maximum atomic E-state index is 11.0. The molecule has 0 aromatic carbocycles. The van der Waals surface area contributed by atoms with E-state index < -0.39 is 5.66 Å². The third kappa shape index (κ3) is 3.51. The molecule has 2 aliphatic rings. The van der Waals surface area contributed by atoms with Gasteiger partial charge >= 0.3 is 0 Å². The zero-order valence-corrected chi connectivity index (χ0v) is 13.0. The molecule has 0 aromatic rings. The van der Waals surface area contributed by atoms with Crippen molar-refractivity contribution >= 4 is 12.2 Å². The van der Waals surface area contributed by atoms with E-state index in [4.69, 9.17) is 0 Å². The van der Waals surface area contributed by atoms with E-state index in [2.05, 4.69) is 16.9 Å². The molecule has 0 aromatic heterocycles. The molecule has 1 atom stereocenters. The van der Waals surface area contributed by atoms with Gasteiger partial charge in [0.1, 0.15) is 0 Å². The summed E-state index contributed by atoms with van der Waals surface area (Å²) in [4.78, 5) is 30.3. The molecule has 21 heavy (non-hydrogen) atoms. The quantitative estimate of drug-likeness (QED) is 0.564. The molecule has 0 heterocycles. The third-order valence-electron chi connectivity index (χ3n) is 5.68. The Hall–Kier alpha value is -1.24. The zero-order valence-electron chi connectivity index (χ0n) is 13.0. The second-order valence-corrected chi connectivity index (χ2v) is 6.71. The van der Waals surface area contributed by atoms with Crippen LogP contribution >= 0.6 is 0 Å². The van der Waals surface area contributed by atoms with Crippen LogP contribution in [0.2, 0.25) is 0 Å². The van der Waals surface area contributed by atoms with Gasteiger partial charge in [-0.15, -0.1) is 0 Å². The third-order valence-corrected chi connectivity index (χ3v) is 5.68. The molecule has 1 unspecified atom stereocenters. The summed E-state index contributed by atoms with van der Waals surface area (Å²) in [6.07, 6.45) is 14.9. The van der Waals surface area contributed by atoms with Crippen molar-refractivity contribution < 1.29 is 9.59 Å². The lowest BCUT2D eigenvalue weighted by Gasteiger charge is -2.42. The lowest BCUT2D eigenvalue weighted by molar-refractivity contribution is 0.0951. The van der Waals surface area contributed by atoms with Crippen LogP contribution in [0.4, 0.5) is 0 Å². The Bertz CT molecular complexity index is 406. The fourth-order valence-corrected chi connectivity index (χ4v) is 4.44. The van der Waals surface area contributed by atoms with Crippen LogP contribution in [0.1, 0.15) is 71.1 Å². The fraction of sp³-hybridized carbons (Fsp3) is 0.882. The van der Waals surface area contributed by atoms with Crippen molar-refractivity contribution in [1.29, 1.82) is 0 Å². The number of carbonyl (C=O) groups excluding carboxylic acids is 2. The highest BCUT2D eigenvalue weighted by Crippen LogP contribution is 2.46. The maximum absolute atomic E-state index is 11.0. The zero-order chi connectivity index (χ0) is 15.1. The summed E-state index contributed by atoms with van der Waals surface area (Å²) in [5, 5.41) is 0. The summed E-state index contributed by atoms with van der Waals surface area (Å²) >= 11 is 0. The van der Waals surface area contributed by atoms with Crippen LogP contribution in [0, 0.1) is 17.8 Å². The number of hydrogen-bond acceptors (Lipinski definition) is 4. The van der Waals surface area contributed by atoms with E-state index in [9.17, 15) is 9.59 Å². The van der Waals surface area contributed by atoms with Gasteiger partial charge in [-0.2, -0.15) is 9.98 Å². The molecule has 4 heteroatoms. The summed E-state index contributed by atoms with van der Waals surface area (Å²) in [7, 11) is 0. The van der Waals surface area contributed by atoms with Crippen LogP contribution in [-0.2, 0) is 9.59 Å². The lowest BCUT2D eigenvalue weighted by Crippen LogP contribution is -2.45. The Morgan fingerprint density at radius 2 is 1.33 bits per heavy atom. The van der Waals surface area contributed by atoms with Gasteiger partial charge < -0.3 is 0 Å². The van der Waals surface area contributed by atoms with Crippen molar-refractivity contribution in [2.24, 2.45) is 27.7 Å². The Labute approximate surface area is 127 Å². The average Bonchev–Trinajstić information content (AvgIpc) is 2.55. The Morgan fingerprint density at radius 3 is 1.81 bits per heavy atom. The van der Waals surface area contributed by atoms with Crippen molar-refractivity contribution in [3.05, 3.63) is 0 Å². The minimum Gasteiger partial charge on any atom is -0.211 e. The van der Waals surface area contributed by atoms with E-state index in [0.717, 1.165) is 38.5 Å². The molecule has 4 nitrogen and oxygen atoms in total. The van der Waals surface area contributed by atoms with Crippen molar-refractivity contribution in [2.75, 3.05) is 0 Å². The molecular formula is C17H26N2O2. The molecule has 2 fully saturated rings. The molecular weight excluding hydrogens is 264 g/mol. The van der Waals surface area contributed by atoms with Gasteiger partial charge in [0.05, 0.1) is 0 Å². The largest absolute Gasteiger partial charge is 0.237 e. The van der Waals surface area contributed by atoms with Crippen molar-refractivity contribution in [3.8, 4) is 0 Å². The predicted octanol–water partition coefficient (Wildman–Crippen LogP) is 4.15. The van der Waals surface area contributed by atoms with Crippen LogP contribution in [-0.4, -0.2) is 17.8 Å². The molecule has 2 saturated carbocycles. The highest BCUT2D eigenvalue weighted by atomic mass is 16.1. The van der Waals surface area contributed by atoms with E-state index in [1.807, 2.05) is 0 Å². The summed E-state index contributed by atoms with van der Waals surface area (Å²) in [5.74, 6) is 0.796. The molecule has 2 aliphatic carbocycles. The number of aliphatic imine (C=N–C) groups is 2. The molecule has 2 rings (SSSR count). The van der Waals surface area contributed by atoms with Gasteiger partial charge in [-0.05, 0) is 18.8 Å². The molecule has 0 N–H and O–H groups in total. The van der Waals surface area contributed by atoms with Gasteiger partial charge in [-0.1, -0.05) is 58.3 Å². The van der Waals surface area contributed by atoms with Gasteiger partial charge in [0, 0.05) is 11.8 Å². The summed E-state index contributed by atoms with van der Waals surface area (Å²) in [5.41, 5.74) is -0.911. The standard InChI is InChI=1S/C17H26N2O2/c1-14(15-8-4-2-5-9-15)17(18-12-20,19-13-21)16-10-6-3-7-11-16/h14-16H,2-11H2,1H3. The number of nitrogens with zero attached hydrogens (tertiary/aromatic N) is 2. The summed E-state index contributed by atoms with van der Waals surface area (Å²) in [6.45, 7) is 2.12. The SMILES string of the molecule is CC(C1CCCCC1)C(N=C=O)(N=C=O)C1CCCCC1. The fourth-order valence-electron chi connectivity index (χ4n) is 4.44. The maximum Gasteiger partial charge on any atom is 0.237 e. The first-order valence-corrected chi connectivity index (χ1v) is 8.42. The van der Waals surface area contributed by atoms with E-state index >= 15 is 0 Å². The first kappa shape index (κ1) is 16.1. The number of rotatable bonds is 5. The number of isocyanates is 2.